The van der Waals surface area contributed by atoms with Gasteiger partial charge >= 0.3 is 6.18 Å². The van der Waals surface area contributed by atoms with Gasteiger partial charge in [0.05, 0.1) is 11.3 Å². The molecule has 1 aromatic heterocycles. The van der Waals surface area contributed by atoms with E-state index in [2.05, 4.69) is 20.8 Å². The van der Waals surface area contributed by atoms with Gasteiger partial charge in [-0.3, -0.25) is 9.59 Å². The van der Waals surface area contributed by atoms with Crippen LogP contribution in [0, 0.1) is 5.41 Å². The number of benzene rings is 1. The molecular formula is C16H17F3N4O2S2. The number of anilines is 2. The van der Waals surface area contributed by atoms with E-state index in [4.69, 9.17) is 0 Å². The van der Waals surface area contributed by atoms with Crippen LogP contribution in [0.15, 0.2) is 28.6 Å². The summed E-state index contributed by atoms with van der Waals surface area (Å²) in [6.07, 6.45) is -4.48. The third-order valence-corrected chi connectivity index (χ3v) is 5.08. The lowest BCUT2D eigenvalue weighted by molar-refractivity contribution is -0.137. The van der Waals surface area contributed by atoms with Gasteiger partial charge < -0.3 is 10.6 Å². The third kappa shape index (κ3) is 6.51. The topological polar surface area (TPSA) is 84.0 Å². The molecule has 6 nitrogen and oxygen atoms in total. The first-order valence-electron chi connectivity index (χ1n) is 7.70. The number of hydrogen-bond acceptors (Lipinski definition) is 6. The Labute approximate surface area is 161 Å². The summed E-state index contributed by atoms with van der Waals surface area (Å²) in [5.41, 5.74) is -1.36. The van der Waals surface area contributed by atoms with E-state index in [1.165, 1.54) is 12.1 Å². The second-order valence-corrected chi connectivity index (χ2v) is 8.69. The number of halogens is 3. The molecular weight excluding hydrogens is 401 g/mol. The predicted octanol–water partition coefficient (Wildman–Crippen LogP) is 4.27. The number of carbonyl (C=O) groups excluding carboxylic acids is 2. The normalized spacial score (nSPS) is 11.9. The first kappa shape index (κ1) is 21.2. The van der Waals surface area contributed by atoms with Gasteiger partial charge in [-0.05, 0) is 18.2 Å². The van der Waals surface area contributed by atoms with Crippen LogP contribution in [-0.4, -0.2) is 27.8 Å². The van der Waals surface area contributed by atoms with Crippen molar-refractivity contribution >= 4 is 45.7 Å². The molecule has 2 N–H and O–H groups in total. The second kappa shape index (κ2) is 8.26. The maximum Gasteiger partial charge on any atom is 0.416 e. The lowest BCUT2D eigenvalue weighted by atomic mass is 9.96. The first-order valence-corrected chi connectivity index (χ1v) is 9.50. The van der Waals surface area contributed by atoms with Crippen LogP contribution >= 0.6 is 23.1 Å². The highest BCUT2D eigenvalue weighted by molar-refractivity contribution is 8.01. The van der Waals surface area contributed by atoms with E-state index in [0.717, 1.165) is 35.2 Å². The molecule has 1 heterocycles. The standard InChI is InChI=1S/C16H17F3N4O2S2/c1-15(2,3)12(25)21-13-22-23-14(27-13)26-8-11(24)20-10-6-4-5-9(7-10)16(17,18)19/h4-7H,8H2,1-3H3,(H,20,24)(H,21,22,25). The number of thioether (sulfide) groups is 1. The molecule has 0 aliphatic carbocycles. The summed E-state index contributed by atoms with van der Waals surface area (Å²) in [6.45, 7) is 5.28. The molecule has 2 aromatic rings. The summed E-state index contributed by atoms with van der Waals surface area (Å²) in [7, 11) is 0. The van der Waals surface area contributed by atoms with Gasteiger partial charge in [-0.2, -0.15) is 13.2 Å². The lowest BCUT2D eigenvalue weighted by Gasteiger charge is -2.15. The number of amides is 2. The molecule has 0 aliphatic rings. The zero-order valence-corrected chi connectivity index (χ0v) is 16.3. The Morgan fingerprint density at radius 1 is 1.15 bits per heavy atom. The van der Waals surface area contributed by atoms with Crippen LogP contribution in [0.5, 0.6) is 0 Å². The van der Waals surface area contributed by atoms with Crippen LogP contribution in [0.25, 0.3) is 0 Å². The van der Waals surface area contributed by atoms with Gasteiger partial charge in [-0.15, -0.1) is 10.2 Å². The van der Waals surface area contributed by atoms with Gasteiger partial charge in [-0.1, -0.05) is 49.9 Å². The van der Waals surface area contributed by atoms with Gasteiger partial charge in [0.15, 0.2) is 4.34 Å². The number of aromatic nitrogens is 2. The summed E-state index contributed by atoms with van der Waals surface area (Å²) in [6, 6.07) is 4.40. The van der Waals surface area contributed by atoms with Crippen LogP contribution in [0.3, 0.4) is 0 Å². The van der Waals surface area contributed by atoms with Crippen molar-refractivity contribution in [2.24, 2.45) is 5.41 Å². The molecule has 2 amide bonds. The van der Waals surface area contributed by atoms with Crippen LogP contribution in [0.2, 0.25) is 0 Å². The summed E-state index contributed by atoms with van der Waals surface area (Å²) in [5, 5.41) is 13.1. The lowest BCUT2D eigenvalue weighted by Crippen LogP contribution is -2.27. The predicted molar refractivity (Wildman–Crippen MR) is 98.8 cm³/mol. The van der Waals surface area contributed by atoms with E-state index in [9.17, 15) is 22.8 Å². The Morgan fingerprint density at radius 2 is 1.85 bits per heavy atom. The van der Waals surface area contributed by atoms with E-state index >= 15 is 0 Å². The highest BCUT2D eigenvalue weighted by Crippen LogP contribution is 2.31. The smallest absolute Gasteiger partial charge is 0.325 e. The number of rotatable bonds is 5. The monoisotopic (exact) mass is 418 g/mol. The van der Waals surface area contributed by atoms with Crippen LogP contribution in [-0.2, 0) is 15.8 Å². The van der Waals surface area contributed by atoms with Crippen LogP contribution in [0.4, 0.5) is 24.0 Å². The highest BCUT2D eigenvalue weighted by Gasteiger charge is 2.30. The maximum atomic E-state index is 12.7. The van der Waals surface area contributed by atoms with Crippen LogP contribution in [0.1, 0.15) is 26.3 Å². The number of nitrogens with zero attached hydrogens (tertiary/aromatic N) is 2. The molecule has 0 aliphatic heterocycles. The van der Waals surface area contributed by atoms with Crippen molar-refractivity contribution in [2.75, 3.05) is 16.4 Å². The minimum Gasteiger partial charge on any atom is -0.325 e. The summed E-state index contributed by atoms with van der Waals surface area (Å²) in [4.78, 5) is 23.8. The zero-order valence-electron chi connectivity index (χ0n) is 14.7. The fourth-order valence-electron chi connectivity index (χ4n) is 1.70. The molecule has 11 heteroatoms. The van der Waals surface area contributed by atoms with E-state index in [0.29, 0.717) is 9.47 Å². The summed E-state index contributed by atoms with van der Waals surface area (Å²) in [5.74, 6) is -0.745. The van der Waals surface area contributed by atoms with E-state index in [-0.39, 0.29) is 17.3 Å². The quantitative estimate of drug-likeness (QED) is 0.560. The second-order valence-electron chi connectivity index (χ2n) is 6.49. The van der Waals surface area contributed by atoms with Gasteiger partial charge in [-0.25, -0.2) is 0 Å². The summed E-state index contributed by atoms with van der Waals surface area (Å²) < 4.78 is 38.5. The molecule has 0 unspecified atom stereocenters. The SMILES string of the molecule is CC(C)(C)C(=O)Nc1nnc(SCC(=O)Nc2cccc(C(F)(F)F)c2)s1. The van der Waals surface area contributed by atoms with Gasteiger partial charge in [0.1, 0.15) is 0 Å². The highest BCUT2D eigenvalue weighted by atomic mass is 32.2. The zero-order chi connectivity index (χ0) is 20.2. The molecule has 1 aromatic carbocycles. The Hall–Kier alpha value is -2.14. The molecule has 27 heavy (non-hydrogen) atoms. The molecule has 0 fully saturated rings. The molecule has 0 saturated carbocycles. The van der Waals surface area contributed by atoms with Crippen LogP contribution < -0.4 is 10.6 Å². The number of hydrogen-bond donors (Lipinski definition) is 2. The summed E-state index contributed by atoms with van der Waals surface area (Å²) >= 11 is 2.18. The Morgan fingerprint density at radius 3 is 2.48 bits per heavy atom. The Kier molecular flexibility index (Phi) is 6.47. The average Bonchev–Trinajstić information content (AvgIpc) is 2.99. The molecule has 2 rings (SSSR count). The Bertz CT molecular complexity index is 832. The molecule has 0 radical (unpaired) electrons. The van der Waals surface area contributed by atoms with Crippen molar-refractivity contribution in [1.29, 1.82) is 0 Å². The Balaban J connectivity index is 1.89. The minimum absolute atomic E-state index is 0.0574. The van der Waals surface area contributed by atoms with Crippen molar-refractivity contribution in [1.82, 2.24) is 10.2 Å². The molecule has 0 bridgehead atoms. The molecule has 0 atom stereocenters. The number of alkyl halides is 3. The third-order valence-electron chi connectivity index (χ3n) is 3.11. The van der Waals surface area contributed by atoms with Crippen molar-refractivity contribution in [3.8, 4) is 0 Å². The van der Waals surface area contributed by atoms with E-state index < -0.39 is 23.1 Å². The fraction of sp³-hybridized carbons (Fsp3) is 0.375. The number of nitrogens with one attached hydrogen (secondary N) is 2. The maximum absolute atomic E-state index is 12.7. The van der Waals surface area contributed by atoms with Crippen molar-refractivity contribution < 1.29 is 22.8 Å². The first-order chi connectivity index (χ1) is 12.4. The van der Waals surface area contributed by atoms with Gasteiger partial charge in [0.2, 0.25) is 16.9 Å². The van der Waals surface area contributed by atoms with Gasteiger partial charge in [0, 0.05) is 11.1 Å². The fourth-order valence-corrected chi connectivity index (χ4v) is 3.25. The van der Waals surface area contributed by atoms with Crippen molar-refractivity contribution in [3.63, 3.8) is 0 Å². The van der Waals surface area contributed by atoms with Gasteiger partial charge in [0.25, 0.3) is 0 Å². The van der Waals surface area contributed by atoms with E-state index in [1.807, 2.05) is 0 Å². The van der Waals surface area contributed by atoms with Crippen molar-refractivity contribution in [3.05, 3.63) is 29.8 Å². The number of carbonyl (C=O) groups is 2. The molecule has 0 saturated heterocycles. The van der Waals surface area contributed by atoms with Crippen molar-refractivity contribution in [2.45, 2.75) is 31.3 Å². The average molecular weight is 418 g/mol. The minimum atomic E-state index is -4.48. The van der Waals surface area contributed by atoms with E-state index in [1.54, 1.807) is 20.8 Å². The largest absolute Gasteiger partial charge is 0.416 e. The molecule has 146 valence electrons. The molecule has 0 spiro atoms.